The molecule has 1 fully saturated rings. The lowest BCUT2D eigenvalue weighted by Gasteiger charge is -2.36. The van der Waals surface area contributed by atoms with Crippen LogP contribution in [0.1, 0.15) is 62.1 Å². The fourth-order valence-electron chi connectivity index (χ4n) is 4.12. The number of benzene rings is 1. The number of nitrogens with zero attached hydrogens (tertiary/aromatic N) is 1. The highest BCUT2D eigenvalue weighted by molar-refractivity contribution is 7.17. The third-order valence-electron chi connectivity index (χ3n) is 5.83. The number of likely N-dealkylation sites (tertiary alicyclic amines) is 1. The van der Waals surface area contributed by atoms with Crippen LogP contribution in [0, 0.1) is 20.8 Å². The van der Waals surface area contributed by atoms with Crippen molar-refractivity contribution in [2.45, 2.75) is 46.1 Å². The van der Waals surface area contributed by atoms with Crippen molar-refractivity contribution in [1.29, 1.82) is 0 Å². The van der Waals surface area contributed by atoms with Gasteiger partial charge in [0, 0.05) is 10.4 Å². The van der Waals surface area contributed by atoms with Crippen LogP contribution in [-0.4, -0.2) is 23.9 Å². The SMILES string of the molecule is Cc1ccc([C@@H](c2c(NC(=O)c3cccs3)sc(C)c2C)N2CCCCC2)cc1. The van der Waals surface area contributed by atoms with E-state index >= 15 is 0 Å². The summed E-state index contributed by atoms with van der Waals surface area (Å²) in [4.78, 5) is 17.4. The van der Waals surface area contributed by atoms with Crippen molar-refractivity contribution < 1.29 is 4.79 Å². The van der Waals surface area contributed by atoms with Crippen molar-refractivity contribution in [2.24, 2.45) is 0 Å². The van der Waals surface area contributed by atoms with Gasteiger partial charge in [0.1, 0.15) is 5.00 Å². The lowest BCUT2D eigenvalue weighted by atomic mass is 9.92. The molecule has 1 atom stereocenters. The van der Waals surface area contributed by atoms with Gasteiger partial charge in [0.15, 0.2) is 0 Å². The van der Waals surface area contributed by atoms with E-state index in [0.717, 1.165) is 23.0 Å². The van der Waals surface area contributed by atoms with Crippen LogP contribution < -0.4 is 5.32 Å². The van der Waals surface area contributed by atoms with E-state index in [9.17, 15) is 4.79 Å². The fraction of sp³-hybridized carbons (Fsp3) is 0.375. The maximum absolute atomic E-state index is 12.8. The third-order valence-corrected chi connectivity index (χ3v) is 7.83. The molecule has 5 heteroatoms. The Morgan fingerprint density at radius 3 is 2.41 bits per heavy atom. The van der Waals surface area contributed by atoms with Crippen LogP contribution in [0.5, 0.6) is 0 Å². The molecule has 1 amide bonds. The number of rotatable bonds is 5. The first kappa shape index (κ1) is 20.3. The zero-order valence-corrected chi connectivity index (χ0v) is 19.0. The first-order valence-corrected chi connectivity index (χ1v) is 12.0. The quantitative estimate of drug-likeness (QED) is 0.503. The number of amides is 1. The maximum Gasteiger partial charge on any atom is 0.266 e. The number of piperidine rings is 1. The fourth-order valence-corrected chi connectivity index (χ4v) is 5.83. The van der Waals surface area contributed by atoms with E-state index in [1.165, 1.54) is 57.7 Å². The molecule has 1 N–H and O–H groups in total. The van der Waals surface area contributed by atoms with E-state index < -0.39 is 0 Å². The summed E-state index contributed by atoms with van der Waals surface area (Å²) >= 11 is 3.19. The van der Waals surface area contributed by atoms with Crippen LogP contribution in [0.15, 0.2) is 41.8 Å². The second kappa shape index (κ2) is 8.82. The third kappa shape index (κ3) is 4.32. The Labute approximate surface area is 181 Å². The Bertz CT molecular complexity index is 967. The molecule has 1 aromatic carbocycles. The van der Waals surface area contributed by atoms with Crippen molar-refractivity contribution in [3.05, 3.63) is 73.8 Å². The van der Waals surface area contributed by atoms with E-state index in [2.05, 4.69) is 55.3 Å². The Kier molecular flexibility index (Phi) is 6.18. The zero-order chi connectivity index (χ0) is 20.4. The Balaban J connectivity index is 1.77. The molecule has 0 spiro atoms. The summed E-state index contributed by atoms with van der Waals surface area (Å²) in [7, 11) is 0. The largest absolute Gasteiger partial charge is 0.313 e. The van der Waals surface area contributed by atoms with Gasteiger partial charge in [-0.05, 0) is 69.3 Å². The molecule has 4 rings (SSSR count). The van der Waals surface area contributed by atoms with Crippen molar-refractivity contribution >= 4 is 33.6 Å². The topological polar surface area (TPSA) is 32.3 Å². The van der Waals surface area contributed by atoms with Gasteiger partial charge in [-0.25, -0.2) is 0 Å². The summed E-state index contributed by atoms with van der Waals surface area (Å²) in [5.74, 6) is -0.0104. The lowest BCUT2D eigenvalue weighted by molar-refractivity contribution is 0.103. The summed E-state index contributed by atoms with van der Waals surface area (Å²) in [6.45, 7) is 8.70. The van der Waals surface area contributed by atoms with Crippen LogP contribution in [0.3, 0.4) is 0 Å². The second-order valence-corrected chi connectivity index (χ2v) is 10.0. The standard InChI is InChI=1S/C24H28N2OS2/c1-16-9-11-19(12-10-16)22(26-13-5-4-6-14-26)21-17(2)18(3)29-24(21)25-23(27)20-8-7-15-28-20/h7-12,15,22H,4-6,13-14H2,1-3H3,(H,25,27)/t22-/m0/s1. The van der Waals surface area contributed by atoms with Gasteiger partial charge in [-0.1, -0.05) is 42.3 Å². The number of carbonyl (C=O) groups excluding carboxylic acids is 1. The van der Waals surface area contributed by atoms with Gasteiger partial charge in [-0.15, -0.1) is 22.7 Å². The van der Waals surface area contributed by atoms with Crippen LogP contribution in [-0.2, 0) is 0 Å². The normalized spacial score (nSPS) is 16.0. The number of nitrogens with one attached hydrogen (secondary N) is 1. The van der Waals surface area contributed by atoms with Gasteiger partial charge in [-0.2, -0.15) is 0 Å². The predicted octanol–water partition coefficient (Wildman–Crippen LogP) is 6.56. The monoisotopic (exact) mass is 424 g/mol. The first-order chi connectivity index (χ1) is 14.0. The van der Waals surface area contributed by atoms with Gasteiger partial charge in [-0.3, -0.25) is 9.69 Å². The highest BCUT2D eigenvalue weighted by atomic mass is 32.1. The molecule has 0 aliphatic carbocycles. The molecule has 1 saturated heterocycles. The van der Waals surface area contributed by atoms with Crippen molar-refractivity contribution in [1.82, 2.24) is 4.90 Å². The van der Waals surface area contributed by atoms with Gasteiger partial charge < -0.3 is 5.32 Å². The van der Waals surface area contributed by atoms with Crippen molar-refractivity contribution in [3.63, 3.8) is 0 Å². The molecule has 0 radical (unpaired) electrons. The molecule has 152 valence electrons. The lowest BCUT2D eigenvalue weighted by Crippen LogP contribution is -2.35. The van der Waals surface area contributed by atoms with E-state index in [1.807, 2.05) is 17.5 Å². The summed E-state index contributed by atoms with van der Waals surface area (Å²) in [6, 6.07) is 12.9. The van der Waals surface area contributed by atoms with Gasteiger partial charge in [0.2, 0.25) is 0 Å². The summed E-state index contributed by atoms with van der Waals surface area (Å²) in [6.07, 6.45) is 3.78. The van der Waals surface area contributed by atoms with Crippen molar-refractivity contribution in [2.75, 3.05) is 18.4 Å². The molecule has 29 heavy (non-hydrogen) atoms. The average molecular weight is 425 g/mol. The van der Waals surface area contributed by atoms with Gasteiger partial charge in [0.05, 0.1) is 10.9 Å². The molecule has 0 unspecified atom stereocenters. The van der Waals surface area contributed by atoms with Gasteiger partial charge in [0.25, 0.3) is 5.91 Å². The minimum Gasteiger partial charge on any atom is -0.313 e. The highest BCUT2D eigenvalue weighted by Crippen LogP contribution is 2.43. The molecule has 0 saturated carbocycles. The molecule has 3 aromatic rings. The van der Waals surface area contributed by atoms with E-state index in [0.29, 0.717) is 0 Å². The van der Waals surface area contributed by atoms with Crippen LogP contribution in [0.4, 0.5) is 5.00 Å². The first-order valence-electron chi connectivity index (χ1n) is 10.3. The molecule has 0 bridgehead atoms. The molecule has 3 nitrogen and oxygen atoms in total. The minimum absolute atomic E-state index is 0.0104. The molecular weight excluding hydrogens is 396 g/mol. The molecule has 3 heterocycles. The van der Waals surface area contributed by atoms with E-state index in [4.69, 9.17) is 0 Å². The second-order valence-electron chi connectivity index (χ2n) is 7.87. The number of carbonyl (C=O) groups is 1. The number of hydrogen-bond donors (Lipinski definition) is 1. The van der Waals surface area contributed by atoms with Crippen LogP contribution in [0.25, 0.3) is 0 Å². The number of anilines is 1. The number of aryl methyl sites for hydroxylation is 2. The summed E-state index contributed by atoms with van der Waals surface area (Å²) in [5, 5.41) is 6.18. The zero-order valence-electron chi connectivity index (χ0n) is 17.3. The van der Waals surface area contributed by atoms with Crippen LogP contribution >= 0.6 is 22.7 Å². The molecule has 1 aliphatic heterocycles. The molecule has 1 aliphatic rings. The summed E-state index contributed by atoms with van der Waals surface area (Å²) < 4.78 is 0. The maximum atomic E-state index is 12.8. The average Bonchev–Trinajstić information content (AvgIpc) is 3.35. The van der Waals surface area contributed by atoms with Gasteiger partial charge >= 0.3 is 0 Å². The number of hydrogen-bond acceptors (Lipinski definition) is 4. The van der Waals surface area contributed by atoms with E-state index in [1.54, 1.807) is 11.3 Å². The van der Waals surface area contributed by atoms with Crippen LogP contribution in [0.2, 0.25) is 0 Å². The molecule has 2 aromatic heterocycles. The van der Waals surface area contributed by atoms with Crippen molar-refractivity contribution in [3.8, 4) is 0 Å². The van der Waals surface area contributed by atoms with E-state index in [-0.39, 0.29) is 11.9 Å². The molecular formula is C24H28N2OS2. The minimum atomic E-state index is -0.0104. The Morgan fingerprint density at radius 2 is 1.76 bits per heavy atom. The summed E-state index contributed by atoms with van der Waals surface area (Å²) in [5.41, 5.74) is 5.15. The smallest absolute Gasteiger partial charge is 0.266 e. The highest BCUT2D eigenvalue weighted by Gasteiger charge is 2.30. The Hall–Kier alpha value is -1.95. The predicted molar refractivity (Wildman–Crippen MR) is 125 cm³/mol. The number of thiophene rings is 2. The Morgan fingerprint density at radius 1 is 1.03 bits per heavy atom.